The molecule has 2 rings (SSSR count). The van der Waals surface area contributed by atoms with Crippen LogP contribution in [0.25, 0.3) is 0 Å². The summed E-state index contributed by atoms with van der Waals surface area (Å²) < 4.78 is 40.4. The number of halogens is 4. The van der Waals surface area contributed by atoms with E-state index in [0.717, 1.165) is 25.7 Å². The molecule has 1 aliphatic rings. The zero-order valence-corrected chi connectivity index (χ0v) is 12.2. The van der Waals surface area contributed by atoms with Gasteiger partial charge in [0.15, 0.2) is 0 Å². The van der Waals surface area contributed by atoms with Gasteiger partial charge in [-0.2, -0.15) is 0 Å². The molecule has 3 nitrogen and oxygen atoms in total. The van der Waals surface area contributed by atoms with Gasteiger partial charge in [0.25, 0.3) is 0 Å². The minimum atomic E-state index is -4.73. The van der Waals surface area contributed by atoms with E-state index in [2.05, 4.69) is 4.74 Å². The number of ether oxygens (including phenoxy) is 1. The second-order valence-corrected chi connectivity index (χ2v) is 5.18. The van der Waals surface area contributed by atoms with Gasteiger partial charge in [-0.15, -0.1) is 25.6 Å². The Morgan fingerprint density at radius 3 is 2.43 bits per heavy atom. The molecule has 1 fully saturated rings. The molecule has 0 spiro atoms. The first-order valence-electron chi connectivity index (χ1n) is 6.66. The van der Waals surface area contributed by atoms with Crippen molar-refractivity contribution in [3.8, 4) is 5.75 Å². The number of aliphatic hydroxyl groups excluding tert-OH is 1. The normalized spacial score (nSPS) is 18.9. The van der Waals surface area contributed by atoms with Crippen molar-refractivity contribution in [3.05, 3.63) is 29.8 Å². The van der Waals surface area contributed by atoms with Crippen LogP contribution in [0.1, 0.15) is 37.3 Å². The third-order valence-corrected chi connectivity index (χ3v) is 3.73. The Kier molecular flexibility index (Phi) is 6.31. The van der Waals surface area contributed by atoms with Crippen molar-refractivity contribution in [1.29, 1.82) is 0 Å². The molecule has 2 atom stereocenters. The fraction of sp³-hybridized carbons (Fsp3) is 0.571. The highest BCUT2D eigenvalue weighted by atomic mass is 35.5. The van der Waals surface area contributed by atoms with Crippen molar-refractivity contribution >= 4 is 12.4 Å². The Morgan fingerprint density at radius 1 is 1.24 bits per heavy atom. The number of hydrogen-bond donors (Lipinski definition) is 2. The average molecular weight is 326 g/mol. The van der Waals surface area contributed by atoms with Crippen molar-refractivity contribution in [2.45, 2.75) is 44.2 Å². The van der Waals surface area contributed by atoms with Gasteiger partial charge in [-0.25, -0.2) is 0 Å². The molecule has 0 radical (unpaired) electrons. The monoisotopic (exact) mass is 325 g/mol. The van der Waals surface area contributed by atoms with Crippen LogP contribution >= 0.6 is 12.4 Å². The van der Waals surface area contributed by atoms with Gasteiger partial charge in [-0.1, -0.05) is 25.0 Å². The summed E-state index contributed by atoms with van der Waals surface area (Å²) in [5.41, 5.74) is 6.41. The second kappa shape index (κ2) is 7.33. The molecule has 0 amide bonds. The molecular formula is C14H19ClF3NO2. The van der Waals surface area contributed by atoms with E-state index < -0.39 is 18.5 Å². The molecule has 7 heteroatoms. The van der Waals surface area contributed by atoms with Crippen LogP contribution in [0, 0.1) is 5.92 Å². The molecular weight excluding hydrogens is 307 g/mol. The van der Waals surface area contributed by atoms with Crippen molar-refractivity contribution in [2.24, 2.45) is 11.7 Å². The molecule has 0 bridgehead atoms. The first-order chi connectivity index (χ1) is 9.37. The van der Waals surface area contributed by atoms with Crippen molar-refractivity contribution < 1.29 is 23.0 Å². The van der Waals surface area contributed by atoms with Crippen LogP contribution < -0.4 is 10.5 Å². The highest BCUT2D eigenvalue weighted by molar-refractivity contribution is 5.85. The quantitative estimate of drug-likeness (QED) is 0.890. The highest BCUT2D eigenvalue weighted by Gasteiger charge is 2.32. The molecule has 3 N–H and O–H groups in total. The van der Waals surface area contributed by atoms with Gasteiger partial charge in [0, 0.05) is 0 Å². The molecule has 1 aliphatic carbocycles. The van der Waals surface area contributed by atoms with E-state index in [-0.39, 0.29) is 24.1 Å². The van der Waals surface area contributed by atoms with E-state index >= 15 is 0 Å². The second-order valence-electron chi connectivity index (χ2n) is 5.18. The van der Waals surface area contributed by atoms with E-state index in [1.807, 2.05) is 0 Å². The van der Waals surface area contributed by atoms with E-state index in [4.69, 9.17) is 5.73 Å². The number of nitrogens with two attached hydrogens (primary N) is 1. The van der Waals surface area contributed by atoms with Crippen molar-refractivity contribution in [3.63, 3.8) is 0 Å². The Bertz CT molecular complexity index is 450. The number of alkyl halides is 3. The first kappa shape index (κ1) is 18.1. The Balaban J connectivity index is 0.00000220. The zero-order valence-electron chi connectivity index (χ0n) is 11.3. The van der Waals surface area contributed by atoms with E-state index in [1.54, 1.807) is 6.07 Å². The summed E-state index contributed by atoms with van der Waals surface area (Å²) in [7, 11) is 0. The van der Waals surface area contributed by atoms with Gasteiger partial charge in [-0.05, 0) is 36.5 Å². The van der Waals surface area contributed by atoms with Crippen molar-refractivity contribution in [2.75, 3.05) is 0 Å². The Labute approximate surface area is 127 Å². The number of aliphatic hydroxyl groups is 1. The minimum absolute atomic E-state index is 0. The van der Waals surface area contributed by atoms with Crippen LogP contribution in [0.5, 0.6) is 5.75 Å². The van der Waals surface area contributed by atoms with Crippen LogP contribution in [0.15, 0.2) is 24.3 Å². The number of hydrogen-bond acceptors (Lipinski definition) is 3. The summed E-state index contributed by atoms with van der Waals surface area (Å²) >= 11 is 0. The third-order valence-electron chi connectivity index (χ3n) is 3.73. The van der Waals surface area contributed by atoms with Crippen LogP contribution in [0.4, 0.5) is 13.2 Å². The minimum Gasteiger partial charge on any atom is -0.406 e. The van der Waals surface area contributed by atoms with E-state index in [9.17, 15) is 18.3 Å². The zero-order chi connectivity index (χ0) is 14.8. The fourth-order valence-corrected chi connectivity index (χ4v) is 2.71. The maximum absolute atomic E-state index is 12.2. The maximum Gasteiger partial charge on any atom is 0.573 e. The lowest BCUT2D eigenvalue weighted by Gasteiger charge is -2.25. The van der Waals surface area contributed by atoms with Crippen LogP contribution in [-0.2, 0) is 0 Å². The fourth-order valence-electron chi connectivity index (χ4n) is 2.71. The van der Waals surface area contributed by atoms with Gasteiger partial charge in [-0.3, -0.25) is 0 Å². The summed E-state index contributed by atoms with van der Waals surface area (Å²) in [4.78, 5) is 0. The summed E-state index contributed by atoms with van der Waals surface area (Å²) in [6, 6.07) is 4.79. The number of benzene rings is 1. The lowest BCUT2D eigenvalue weighted by molar-refractivity contribution is -0.274. The third kappa shape index (κ3) is 5.05. The maximum atomic E-state index is 12.2. The largest absolute Gasteiger partial charge is 0.573 e. The van der Waals surface area contributed by atoms with Crippen LogP contribution in [0.2, 0.25) is 0 Å². The predicted octanol–water partition coefficient (Wildman–Crippen LogP) is 3.56. The standard InChI is InChI=1S/C14H18F3NO2.ClH/c15-14(16,17)20-11-7-3-6-10(8-11)12(18)13(19)9-4-1-2-5-9;/h3,6-9,12-13,19H,1-2,4-5,18H2;1H/t12-,13+;/m0./s1. The van der Waals surface area contributed by atoms with Crippen molar-refractivity contribution in [1.82, 2.24) is 0 Å². The topological polar surface area (TPSA) is 55.5 Å². The molecule has 0 aromatic heterocycles. The molecule has 120 valence electrons. The summed E-state index contributed by atoms with van der Waals surface area (Å²) in [5, 5.41) is 10.2. The molecule has 21 heavy (non-hydrogen) atoms. The predicted molar refractivity (Wildman–Crippen MR) is 75.3 cm³/mol. The Hall–Kier alpha value is -0.980. The van der Waals surface area contributed by atoms with Gasteiger partial charge in [0.2, 0.25) is 0 Å². The summed E-state index contributed by atoms with van der Waals surface area (Å²) in [5.74, 6) is -0.193. The van der Waals surface area contributed by atoms with Gasteiger partial charge >= 0.3 is 6.36 Å². The number of rotatable bonds is 4. The van der Waals surface area contributed by atoms with E-state index in [0.29, 0.717) is 5.56 Å². The summed E-state index contributed by atoms with van der Waals surface area (Å²) in [6.45, 7) is 0. The lowest BCUT2D eigenvalue weighted by Crippen LogP contribution is -2.32. The molecule has 0 saturated heterocycles. The molecule has 1 aromatic rings. The summed E-state index contributed by atoms with van der Waals surface area (Å²) in [6.07, 6.45) is -1.52. The highest BCUT2D eigenvalue weighted by Crippen LogP contribution is 2.33. The first-order valence-corrected chi connectivity index (χ1v) is 6.66. The average Bonchev–Trinajstić information content (AvgIpc) is 2.89. The lowest BCUT2D eigenvalue weighted by atomic mass is 9.91. The molecule has 1 saturated carbocycles. The van der Waals surface area contributed by atoms with Crippen LogP contribution in [-0.4, -0.2) is 17.6 Å². The molecule has 0 unspecified atom stereocenters. The SMILES string of the molecule is Cl.N[C@@H](c1cccc(OC(F)(F)F)c1)[C@H](O)C1CCCC1. The van der Waals surface area contributed by atoms with Gasteiger partial charge < -0.3 is 15.6 Å². The van der Waals surface area contributed by atoms with Crippen LogP contribution in [0.3, 0.4) is 0 Å². The molecule has 1 aromatic carbocycles. The molecule has 0 aliphatic heterocycles. The van der Waals surface area contributed by atoms with E-state index in [1.165, 1.54) is 18.2 Å². The van der Waals surface area contributed by atoms with Gasteiger partial charge in [0.05, 0.1) is 12.1 Å². The smallest absolute Gasteiger partial charge is 0.406 e. The molecule has 0 heterocycles. The Morgan fingerprint density at radius 2 is 1.86 bits per heavy atom. The van der Waals surface area contributed by atoms with Gasteiger partial charge in [0.1, 0.15) is 5.75 Å².